The van der Waals surface area contributed by atoms with Gasteiger partial charge in [0.25, 0.3) is 15.9 Å². The van der Waals surface area contributed by atoms with Gasteiger partial charge >= 0.3 is 0 Å². The number of thiophene rings is 1. The number of morpholine rings is 1. The van der Waals surface area contributed by atoms with E-state index in [1.165, 1.54) is 21.2 Å². The van der Waals surface area contributed by atoms with Gasteiger partial charge in [0, 0.05) is 29.2 Å². The van der Waals surface area contributed by atoms with Crippen molar-refractivity contribution in [2.24, 2.45) is 0 Å². The summed E-state index contributed by atoms with van der Waals surface area (Å²) in [6.07, 6.45) is 0. The Kier molecular flexibility index (Phi) is 6.24. The van der Waals surface area contributed by atoms with E-state index in [0.29, 0.717) is 36.1 Å². The number of sulfonamides is 1. The smallest absolute Gasteiger partial charge is 0.255 e. The predicted molar refractivity (Wildman–Crippen MR) is 123 cm³/mol. The Morgan fingerprint density at radius 3 is 2.35 bits per heavy atom. The lowest BCUT2D eigenvalue weighted by Crippen LogP contribution is -2.40. The van der Waals surface area contributed by atoms with Gasteiger partial charge in [-0.3, -0.25) is 4.79 Å². The molecule has 1 aromatic heterocycles. The van der Waals surface area contributed by atoms with E-state index in [0.717, 1.165) is 21.7 Å². The monoisotopic (exact) mass is 456 g/mol. The average Bonchev–Trinajstić information content (AvgIpc) is 3.28. The molecule has 1 aliphatic rings. The van der Waals surface area contributed by atoms with Crippen molar-refractivity contribution in [1.82, 2.24) is 4.31 Å². The maximum Gasteiger partial charge on any atom is 0.255 e. The predicted octanol–water partition coefficient (Wildman–Crippen LogP) is 4.31. The fraction of sp³-hybridized carbons (Fsp3) is 0.261. The van der Waals surface area contributed by atoms with Crippen molar-refractivity contribution in [2.45, 2.75) is 18.1 Å². The summed E-state index contributed by atoms with van der Waals surface area (Å²) in [6.45, 7) is 5.63. The molecule has 4 rings (SSSR count). The maximum absolute atomic E-state index is 12.8. The zero-order valence-electron chi connectivity index (χ0n) is 17.4. The van der Waals surface area contributed by atoms with Crippen LogP contribution in [0.5, 0.6) is 0 Å². The molecule has 3 aromatic rings. The first kappa shape index (κ1) is 21.7. The highest BCUT2D eigenvalue weighted by Gasteiger charge is 2.27. The largest absolute Gasteiger partial charge is 0.379 e. The number of hydrogen-bond donors (Lipinski definition) is 1. The van der Waals surface area contributed by atoms with Gasteiger partial charge in [-0.2, -0.15) is 4.31 Å². The van der Waals surface area contributed by atoms with Crippen LogP contribution >= 0.6 is 11.3 Å². The molecule has 0 atom stereocenters. The summed E-state index contributed by atoms with van der Waals surface area (Å²) < 4.78 is 32.7. The van der Waals surface area contributed by atoms with Crippen molar-refractivity contribution in [3.63, 3.8) is 0 Å². The molecule has 162 valence electrons. The average molecular weight is 457 g/mol. The van der Waals surface area contributed by atoms with E-state index in [4.69, 9.17) is 4.74 Å². The summed E-state index contributed by atoms with van der Waals surface area (Å²) in [5, 5.41) is 2.91. The van der Waals surface area contributed by atoms with Crippen LogP contribution in [-0.4, -0.2) is 44.9 Å². The molecule has 0 radical (unpaired) electrons. The van der Waals surface area contributed by atoms with Crippen LogP contribution in [0, 0.1) is 13.8 Å². The molecular weight excluding hydrogens is 432 g/mol. The van der Waals surface area contributed by atoms with Crippen LogP contribution in [0.15, 0.2) is 58.8 Å². The highest BCUT2D eigenvalue weighted by molar-refractivity contribution is 7.91. The van der Waals surface area contributed by atoms with Crippen LogP contribution in [0.4, 0.5) is 5.69 Å². The maximum atomic E-state index is 12.8. The van der Waals surface area contributed by atoms with Crippen LogP contribution in [0.1, 0.15) is 21.5 Å². The Morgan fingerprint density at radius 2 is 1.68 bits per heavy atom. The minimum atomic E-state index is -3.50. The first-order chi connectivity index (χ1) is 14.8. The second-order valence-corrected chi connectivity index (χ2v) is 10.7. The van der Waals surface area contributed by atoms with Gasteiger partial charge in [-0.1, -0.05) is 18.2 Å². The van der Waals surface area contributed by atoms with Gasteiger partial charge in [-0.05, 0) is 66.9 Å². The van der Waals surface area contributed by atoms with Crippen LogP contribution in [0.3, 0.4) is 0 Å². The molecule has 0 spiro atoms. The van der Waals surface area contributed by atoms with Gasteiger partial charge in [-0.25, -0.2) is 8.42 Å². The van der Waals surface area contributed by atoms with Crippen LogP contribution in [0.2, 0.25) is 0 Å². The lowest BCUT2D eigenvalue weighted by Gasteiger charge is -2.25. The number of hydrogen-bond acceptors (Lipinski definition) is 5. The van der Waals surface area contributed by atoms with Crippen LogP contribution < -0.4 is 5.32 Å². The molecule has 8 heteroatoms. The molecule has 0 saturated carbocycles. The number of aryl methyl sites for hydroxylation is 2. The van der Waals surface area contributed by atoms with Gasteiger partial charge < -0.3 is 10.1 Å². The Bertz CT molecular complexity index is 1190. The highest BCUT2D eigenvalue weighted by atomic mass is 32.2. The van der Waals surface area contributed by atoms with E-state index in [1.807, 2.05) is 50.2 Å². The second kappa shape index (κ2) is 8.92. The minimum absolute atomic E-state index is 0.184. The molecule has 1 N–H and O–H groups in total. The summed E-state index contributed by atoms with van der Waals surface area (Å²) in [5.74, 6) is -0.184. The Hall–Kier alpha value is -2.52. The van der Waals surface area contributed by atoms with Crippen molar-refractivity contribution in [1.29, 1.82) is 0 Å². The van der Waals surface area contributed by atoms with Crippen molar-refractivity contribution in [3.8, 4) is 10.4 Å². The number of nitrogens with one attached hydrogen (secondary N) is 1. The number of benzene rings is 2. The zero-order chi connectivity index (χ0) is 22.0. The van der Waals surface area contributed by atoms with E-state index < -0.39 is 10.0 Å². The molecule has 1 fully saturated rings. The van der Waals surface area contributed by atoms with Gasteiger partial charge in [-0.15, -0.1) is 11.3 Å². The molecule has 2 aromatic carbocycles. The Balaban J connectivity index is 1.48. The second-order valence-electron chi connectivity index (χ2n) is 7.47. The van der Waals surface area contributed by atoms with E-state index in [1.54, 1.807) is 18.2 Å². The molecule has 6 nitrogen and oxygen atoms in total. The summed E-state index contributed by atoms with van der Waals surface area (Å²) >= 11 is 1.24. The standard InChI is InChI=1S/C23H24N2O4S2/c1-16-3-8-20(15-17(16)2)24-23(26)19-6-4-18(5-7-19)21-9-10-22(30-21)31(27,28)25-11-13-29-14-12-25/h3-10,15H,11-14H2,1-2H3,(H,24,26). The molecule has 1 amide bonds. The van der Waals surface area contributed by atoms with Gasteiger partial charge in [0.1, 0.15) is 4.21 Å². The molecule has 1 aliphatic heterocycles. The number of ether oxygens (including phenoxy) is 1. The van der Waals surface area contributed by atoms with E-state index >= 15 is 0 Å². The lowest BCUT2D eigenvalue weighted by molar-refractivity contribution is 0.0731. The van der Waals surface area contributed by atoms with Crippen molar-refractivity contribution < 1.29 is 17.9 Å². The SMILES string of the molecule is Cc1ccc(NC(=O)c2ccc(-c3ccc(S(=O)(=O)N4CCOCC4)s3)cc2)cc1C. The van der Waals surface area contributed by atoms with Crippen LogP contribution in [0.25, 0.3) is 10.4 Å². The van der Waals surface area contributed by atoms with E-state index in [-0.39, 0.29) is 5.91 Å². The van der Waals surface area contributed by atoms with Crippen molar-refractivity contribution >= 4 is 33.0 Å². The summed E-state index contributed by atoms with van der Waals surface area (Å²) in [7, 11) is -3.50. The Morgan fingerprint density at radius 1 is 0.968 bits per heavy atom. The van der Waals surface area contributed by atoms with Crippen LogP contribution in [-0.2, 0) is 14.8 Å². The lowest BCUT2D eigenvalue weighted by atomic mass is 10.1. The molecule has 2 heterocycles. The van der Waals surface area contributed by atoms with Gasteiger partial charge in [0.05, 0.1) is 13.2 Å². The molecule has 0 aliphatic carbocycles. The van der Waals surface area contributed by atoms with Crippen molar-refractivity contribution in [2.75, 3.05) is 31.6 Å². The highest BCUT2D eigenvalue weighted by Crippen LogP contribution is 2.32. The quantitative estimate of drug-likeness (QED) is 0.621. The molecular formula is C23H24N2O4S2. The summed E-state index contributed by atoms with van der Waals surface area (Å²) in [4.78, 5) is 13.4. The number of carbonyl (C=O) groups excluding carboxylic acids is 1. The molecule has 0 unspecified atom stereocenters. The Labute approximate surface area is 186 Å². The first-order valence-electron chi connectivity index (χ1n) is 10.0. The normalized spacial score (nSPS) is 15.0. The topological polar surface area (TPSA) is 75.7 Å². The first-order valence-corrected chi connectivity index (χ1v) is 12.3. The van der Waals surface area contributed by atoms with Gasteiger partial charge in [0.2, 0.25) is 0 Å². The number of amides is 1. The number of anilines is 1. The third-order valence-electron chi connectivity index (χ3n) is 5.34. The fourth-order valence-corrected chi connectivity index (χ4v) is 6.21. The van der Waals surface area contributed by atoms with E-state index in [2.05, 4.69) is 5.32 Å². The summed E-state index contributed by atoms with van der Waals surface area (Å²) in [5.41, 5.74) is 4.46. The number of carbonyl (C=O) groups is 1. The molecule has 31 heavy (non-hydrogen) atoms. The van der Waals surface area contributed by atoms with Crippen molar-refractivity contribution in [3.05, 3.63) is 71.3 Å². The molecule has 0 bridgehead atoms. The third-order valence-corrected chi connectivity index (χ3v) is 8.84. The zero-order valence-corrected chi connectivity index (χ0v) is 19.1. The minimum Gasteiger partial charge on any atom is -0.379 e. The summed E-state index contributed by atoms with van der Waals surface area (Å²) in [6, 6.07) is 16.4. The number of nitrogens with zero attached hydrogens (tertiary/aromatic N) is 1. The molecule has 1 saturated heterocycles. The third kappa shape index (κ3) is 4.72. The van der Waals surface area contributed by atoms with E-state index in [9.17, 15) is 13.2 Å². The van der Waals surface area contributed by atoms with Gasteiger partial charge in [0.15, 0.2) is 0 Å². The fourth-order valence-electron chi connectivity index (χ4n) is 3.34. The number of rotatable bonds is 5.